The fourth-order valence-electron chi connectivity index (χ4n) is 5.57. The van der Waals surface area contributed by atoms with Gasteiger partial charge >= 0.3 is 0 Å². The van der Waals surface area contributed by atoms with Crippen molar-refractivity contribution in [2.24, 2.45) is 11.8 Å². The number of nitrogens with zero attached hydrogens (tertiary/aromatic N) is 1. The molecule has 35 heavy (non-hydrogen) atoms. The van der Waals surface area contributed by atoms with Crippen molar-refractivity contribution in [2.45, 2.75) is 18.6 Å². The lowest BCUT2D eigenvalue weighted by Crippen LogP contribution is -2.51. The molecule has 3 aliphatic rings. The first-order valence-corrected chi connectivity index (χ1v) is 11.8. The van der Waals surface area contributed by atoms with Crippen molar-refractivity contribution in [3.63, 3.8) is 0 Å². The van der Waals surface area contributed by atoms with Gasteiger partial charge in [-0.05, 0) is 30.7 Å². The summed E-state index contributed by atoms with van der Waals surface area (Å²) in [6, 6.07) is 18.1. The largest absolute Gasteiger partial charge is 0.349 e. The lowest BCUT2D eigenvalue weighted by Gasteiger charge is -2.27. The number of imide groups is 1. The van der Waals surface area contributed by atoms with E-state index in [2.05, 4.69) is 0 Å². The van der Waals surface area contributed by atoms with Gasteiger partial charge in [0.25, 0.3) is 0 Å². The van der Waals surface area contributed by atoms with E-state index in [1.165, 1.54) is 30.3 Å². The molecule has 2 saturated heterocycles. The number of amides is 2. The Morgan fingerprint density at radius 3 is 2.14 bits per heavy atom. The van der Waals surface area contributed by atoms with E-state index in [9.17, 15) is 19.2 Å². The third kappa shape index (κ3) is 2.88. The molecule has 0 bridgehead atoms. The van der Waals surface area contributed by atoms with Crippen LogP contribution in [-0.2, 0) is 14.3 Å². The summed E-state index contributed by atoms with van der Waals surface area (Å²) in [6.07, 6.45) is -0.977. The molecule has 2 fully saturated rings. The maximum Gasteiger partial charge on any atom is 0.241 e. The number of carbonyl (C=O) groups is 4. The van der Waals surface area contributed by atoms with E-state index in [1.54, 1.807) is 24.3 Å². The van der Waals surface area contributed by atoms with Crippen LogP contribution in [0.25, 0.3) is 0 Å². The van der Waals surface area contributed by atoms with Crippen molar-refractivity contribution in [3.05, 3.63) is 99.0 Å². The molecule has 0 N–H and O–H groups in total. The van der Waals surface area contributed by atoms with Crippen LogP contribution in [0.15, 0.2) is 66.7 Å². The molecular formula is C27H17Cl2NO5. The standard InChI is InChI=1S/C27H17Cl2NO5/c1-13-5-4-6-14(11-13)22-20-21(26(34)30(25(20)33)19-10-9-15(28)12-18(19)29)27(35-22)23(31)16-7-2-3-8-17(16)24(27)32/h2-12,20-22H,1H3/t20-,21-,22+/m1/s1. The van der Waals surface area contributed by atoms with E-state index in [-0.39, 0.29) is 21.8 Å². The van der Waals surface area contributed by atoms with E-state index in [4.69, 9.17) is 27.9 Å². The summed E-state index contributed by atoms with van der Waals surface area (Å²) in [4.78, 5) is 56.2. The Balaban J connectivity index is 1.56. The number of benzene rings is 3. The van der Waals surface area contributed by atoms with Crippen LogP contribution in [0, 0.1) is 18.8 Å². The van der Waals surface area contributed by atoms with Gasteiger partial charge in [-0.25, -0.2) is 4.90 Å². The third-order valence-corrected chi connectivity index (χ3v) is 7.58. The zero-order chi connectivity index (χ0) is 24.6. The molecule has 0 saturated carbocycles. The lowest BCUT2D eigenvalue weighted by atomic mass is 9.77. The first kappa shape index (κ1) is 22.2. The van der Waals surface area contributed by atoms with Crippen molar-refractivity contribution >= 4 is 52.3 Å². The number of hydrogen-bond donors (Lipinski definition) is 0. The maximum absolute atomic E-state index is 13.9. The second-order valence-electron chi connectivity index (χ2n) is 9.00. The number of ether oxygens (including phenoxy) is 1. The topological polar surface area (TPSA) is 80.8 Å². The Labute approximate surface area is 210 Å². The molecule has 0 aromatic heterocycles. The predicted molar refractivity (Wildman–Crippen MR) is 129 cm³/mol. The fraction of sp³-hybridized carbons (Fsp3) is 0.185. The summed E-state index contributed by atoms with van der Waals surface area (Å²) in [6.45, 7) is 1.88. The Morgan fingerprint density at radius 1 is 0.829 bits per heavy atom. The van der Waals surface area contributed by atoms with Gasteiger partial charge in [0, 0.05) is 16.1 Å². The SMILES string of the molecule is Cc1cccc([C@@H]2OC3(C(=O)c4ccccc4C3=O)[C@H]3C(=O)N(c4ccc(Cl)cc4Cl)C(=O)[C@@H]23)c1. The van der Waals surface area contributed by atoms with Crippen molar-refractivity contribution in [1.29, 1.82) is 0 Å². The van der Waals surface area contributed by atoms with E-state index < -0.39 is 46.9 Å². The Kier molecular flexibility index (Phi) is 4.81. The minimum absolute atomic E-state index is 0.105. The number of rotatable bonds is 2. The molecule has 8 heteroatoms. The van der Waals surface area contributed by atoms with Gasteiger partial charge in [0.2, 0.25) is 29.0 Å². The molecule has 174 valence electrons. The van der Waals surface area contributed by atoms with Gasteiger partial charge in [0.1, 0.15) is 0 Å². The summed E-state index contributed by atoms with van der Waals surface area (Å²) in [5.41, 5.74) is -0.0879. The molecule has 3 aromatic carbocycles. The number of fused-ring (bicyclic) bond motifs is 3. The smallest absolute Gasteiger partial charge is 0.241 e. The number of Topliss-reactive ketones (excluding diaryl/α,β-unsaturated/α-hetero) is 2. The zero-order valence-electron chi connectivity index (χ0n) is 18.3. The minimum atomic E-state index is -2.12. The molecule has 6 nitrogen and oxygen atoms in total. The fourth-order valence-corrected chi connectivity index (χ4v) is 6.06. The van der Waals surface area contributed by atoms with E-state index in [0.29, 0.717) is 10.6 Å². The number of aryl methyl sites for hydroxylation is 1. The zero-order valence-corrected chi connectivity index (χ0v) is 19.8. The van der Waals surface area contributed by atoms with Crippen LogP contribution in [0.3, 0.4) is 0 Å². The molecule has 2 heterocycles. The van der Waals surface area contributed by atoms with Crippen LogP contribution in [0.1, 0.15) is 37.9 Å². The van der Waals surface area contributed by atoms with Crippen LogP contribution < -0.4 is 4.90 Å². The highest BCUT2D eigenvalue weighted by atomic mass is 35.5. The number of hydrogen-bond acceptors (Lipinski definition) is 5. The molecule has 3 atom stereocenters. The van der Waals surface area contributed by atoms with Crippen LogP contribution in [0.5, 0.6) is 0 Å². The average molecular weight is 506 g/mol. The minimum Gasteiger partial charge on any atom is -0.349 e. The van der Waals surface area contributed by atoms with Crippen molar-refractivity contribution in [3.8, 4) is 0 Å². The van der Waals surface area contributed by atoms with Gasteiger partial charge in [-0.15, -0.1) is 0 Å². The number of halogens is 2. The Morgan fingerprint density at radius 2 is 1.51 bits per heavy atom. The molecule has 0 radical (unpaired) electrons. The molecule has 0 unspecified atom stereocenters. The molecule has 1 spiro atoms. The lowest BCUT2D eigenvalue weighted by molar-refractivity contribution is -0.127. The van der Waals surface area contributed by atoms with Gasteiger partial charge in [0.05, 0.1) is 28.6 Å². The highest BCUT2D eigenvalue weighted by Gasteiger charge is 2.74. The summed E-state index contributed by atoms with van der Waals surface area (Å²) in [5.74, 6) is -4.90. The van der Waals surface area contributed by atoms with Crippen molar-refractivity contribution < 1.29 is 23.9 Å². The van der Waals surface area contributed by atoms with Crippen LogP contribution in [0.2, 0.25) is 10.0 Å². The van der Waals surface area contributed by atoms with Crippen LogP contribution in [0.4, 0.5) is 5.69 Å². The number of anilines is 1. The second kappa shape index (κ2) is 7.59. The van der Waals surface area contributed by atoms with Crippen LogP contribution >= 0.6 is 23.2 Å². The molecule has 2 aliphatic heterocycles. The Bertz CT molecular complexity index is 1450. The monoisotopic (exact) mass is 505 g/mol. The van der Waals surface area contributed by atoms with Gasteiger partial charge in [-0.2, -0.15) is 0 Å². The van der Waals surface area contributed by atoms with E-state index in [1.807, 2.05) is 19.1 Å². The van der Waals surface area contributed by atoms with Gasteiger partial charge in [0.15, 0.2) is 0 Å². The molecule has 2 amide bonds. The average Bonchev–Trinajstić information content (AvgIpc) is 3.40. The quantitative estimate of drug-likeness (QED) is 0.361. The first-order chi connectivity index (χ1) is 16.8. The summed E-state index contributed by atoms with van der Waals surface area (Å²) in [5, 5.41) is 0.445. The predicted octanol–water partition coefficient (Wildman–Crippen LogP) is 5.00. The van der Waals surface area contributed by atoms with Gasteiger partial charge in [-0.1, -0.05) is 77.3 Å². The molecule has 6 rings (SSSR count). The molecular weight excluding hydrogens is 489 g/mol. The summed E-state index contributed by atoms with van der Waals surface area (Å²) in [7, 11) is 0. The maximum atomic E-state index is 13.9. The highest BCUT2D eigenvalue weighted by molar-refractivity contribution is 6.40. The highest BCUT2D eigenvalue weighted by Crippen LogP contribution is 2.58. The van der Waals surface area contributed by atoms with Crippen molar-refractivity contribution in [1.82, 2.24) is 0 Å². The first-order valence-electron chi connectivity index (χ1n) is 11.0. The molecule has 3 aromatic rings. The van der Waals surface area contributed by atoms with Gasteiger partial charge in [-0.3, -0.25) is 19.2 Å². The van der Waals surface area contributed by atoms with E-state index in [0.717, 1.165) is 10.5 Å². The number of carbonyl (C=O) groups excluding carboxylic acids is 4. The van der Waals surface area contributed by atoms with E-state index >= 15 is 0 Å². The Hall–Kier alpha value is -3.32. The van der Waals surface area contributed by atoms with Crippen LogP contribution in [-0.4, -0.2) is 29.0 Å². The third-order valence-electron chi connectivity index (χ3n) is 7.04. The summed E-state index contributed by atoms with van der Waals surface area (Å²) < 4.78 is 6.28. The normalized spacial score (nSPS) is 24.4. The van der Waals surface area contributed by atoms with Gasteiger partial charge < -0.3 is 4.74 Å². The second-order valence-corrected chi connectivity index (χ2v) is 9.85. The van der Waals surface area contributed by atoms with Crippen molar-refractivity contribution in [2.75, 3.05) is 4.90 Å². The summed E-state index contributed by atoms with van der Waals surface area (Å²) >= 11 is 12.4. The number of ketones is 2. The molecule has 1 aliphatic carbocycles.